The number of ether oxygens (including phenoxy) is 2. The number of rotatable bonds is 5. The van der Waals surface area contributed by atoms with E-state index >= 15 is 0 Å². The smallest absolute Gasteiger partial charge is 0.265 e. The van der Waals surface area contributed by atoms with Gasteiger partial charge >= 0.3 is 0 Å². The van der Waals surface area contributed by atoms with Gasteiger partial charge in [0.2, 0.25) is 0 Å². The van der Waals surface area contributed by atoms with Gasteiger partial charge in [-0.25, -0.2) is 4.39 Å². The standard InChI is InChI=1S/C16H15ClFNO3/c1-10(22-14-6-4-3-5-12(14)18)16(20)19-13-9-11(17)7-8-15(13)21-2/h3-10H,1-2H3,(H,19,20). The van der Waals surface area contributed by atoms with Crippen molar-refractivity contribution in [3.63, 3.8) is 0 Å². The zero-order valence-electron chi connectivity index (χ0n) is 12.1. The van der Waals surface area contributed by atoms with Crippen LogP contribution in [-0.4, -0.2) is 19.1 Å². The van der Waals surface area contributed by atoms with E-state index in [0.29, 0.717) is 16.5 Å². The molecule has 2 aromatic rings. The number of carbonyl (C=O) groups is 1. The van der Waals surface area contributed by atoms with E-state index in [-0.39, 0.29) is 5.75 Å². The molecule has 22 heavy (non-hydrogen) atoms. The summed E-state index contributed by atoms with van der Waals surface area (Å²) in [6.07, 6.45) is -0.888. The summed E-state index contributed by atoms with van der Waals surface area (Å²) in [6, 6.07) is 10.7. The lowest BCUT2D eigenvalue weighted by molar-refractivity contribution is -0.122. The van der Waals surface area contributed by atoms with Crippen molar-refractivity contribution in [3.8, 4) is 11.5 Å². The third-order valence-corrected chi connectivity index (χ3v) is 3.16. The number of anilines is 1. The Kier molecular flexibility index (Phi) is 5.22. The molecule has 1 amide bonds. The SMILES string of the molecule is COc1ccc(Cl)cc1NC(=O)C(C)Oc1ccccc1F. The van der Waals surface area contributed by atoms with Crippen molar-refractivity contribution in [3.05, 3.63) is 53.3 Å². The quantitative estimate of drug-likeness (QED) is 0.908. The predicted molar refractivity (Wildman–Crippen MR) is 83.1 cm³/mol. The van der Waals surface area contributed by atoms with Gasteiger partial charge in [-0.3, -0.25) is 4.79 Å². The highest BCUT2D eigenvalue weighted by molar-refractivity contribution is 6.31. The van der Waals surface area contributed by atoms with E-state index in [1.807, 2.05) is 0 Å². The Balaban J connectivity index is 2.09. The molecule has 0 aliphatic rings. The first-order chi connectivity index (χ1) is 10.5. The predicted octanol–water partition coefficient (Wildman–Crippen LogP) is 3.89. The van der Waals surface area contributed by atoms with E-state index in [4.69, 9.17) is 21.1 Å². The summed E-state index contributed by atoms with van der Waals surface area (Å²) in [4.78, 5) is 12.2. The molecule has 2 aromatic carbocycles. The number of carbonyl (C=O) groups excluding carboxylic acids is 1. The summed E-state index contributed by atoms with van der Waals surface area (Å²) in [5.74, 6) is -0.481. The molecule has 0 aliphatic carbocycles. The second-order valence-corrected chi connectivity index (χ2v) is 4.96. The van der Waals surface area contributed by atoms with Crippen LogP contribution in [0.15, 0.2) is 42.5 Å². The molecule has 0 aliphatic heterocycles. The number of methoxy groups -OCH3 is 1. The Morgan fingerprint density at radius 1 is 1.23 bits per heavy atom. The van der Waals surface area contributed by atoms with Gasteiger partial charge < -0.3 is 14.8 Å². The normalized spacial score (nSPS) is 11.6. The van der Waals surface area contributed by atoms with Gasteiger partial charge in [-0.1, -0.05) is 23.7 Å². The molecule has 116 valence electrons. The Morgan fingerprint density at radius 2 is 1.95 bits per heavy atom. The molecule has 1 N–H and O–H groups in total. The number of halogens is 2. The molecule has 0 fully saturated rings. The number of nitrogens with one attached hydrogen (secondary N) is 1. The van der Waals surface area contributed by atoms with Gasteiger partial charge in [0.05, 0.1) is 12.8 Å². The summed E-state index contributed by atoms with van der Waals surface area (Å²) in [6.45, 7) is 1.53. The molecule has 0 heterocycles. The first-order valence-electron chi connectivity index (χ1n) is 6.57. The number of para-hydroxylation sites is 1. The lowest BCUT2D eigenvalue weighted by atomic mass is 10.2. The number of benzene rings is 2. The molecule has 2 rings (SSSR count). The van der Waals surface area contributed by atoms with Crippen LogP contribution in [0.4, 0.5) is 10.1 Å². The van der Waals surface area contributed by atoms with E-state index in [1.165, 1.54) is 26.2 Å². The minimum absolute atomic E-state index is 0.0169. The minimum Gasteiger partial charge on any atom is -0.495 e. The van der Waals surface area contributed by atoms with Crippen molar-refractivity contribution >= 4 is 23.2 Å². The highest BCUT2D eigenvalue weighted by Crippen LogP contribution is 2.28. The van der Waals surface area contributed by atoms with Crippen LogP contribution < -0.4 is 14.8 Å². The van der Waals surface area contributed by atoms with E-state index in [0.717, 1.165) is 0 Å². The Morgan fingerprint density at radius 3 is 2.64 bits per heavy atom. The third-order valence-electron chi connectivity index (χ3n) is 2.93. The van der Waals surface area contributed by atoms with E-state index in [1.54, 1.807) is 30.3 Å². The molecule has 1 unspecified atom stereocenters. The topological polar surface area (TPSA) is 47.6 Å². The average molecular weight is 324 g/mol. The van der Waals surface area contributed by atoms with Crippen LogP contribution >= 0.6 is 11.6 Å². The fourth-order valence-corrected chi connectivity index (χ4v) is 1.97. The second-order valence-electron chi connectivity index (χ2n) is 4.52. The zero-order chi connectivity index (χ0) is 16.1. The van der Waals surface area contributed by atoms with Crippen LogP contribution in [0, 0.1) is 5.82 Å². The molecule has 4 nitrogen and oxygen atoms in total. The van der Waals surface area contributed by atoms with E-state index in [2.05, 4.69) is 5.32 Å². The van der Waals surface area contributed by atoms with Gasteiger partial charge in [0.15, 0.2) is 17.7 Å². The molecule has 0 bridgehead atoms. The van der Waals surface area contributed by atoms with Crippen molar-refractivity contribution in [2.75, 3.05) is 12.4 Å². The highest BCUT2D eigenvalue weighted by atomic mass is 35.5. The molecular weight excluding hydrogens is 309 g/mol. The molecule has 0 saturated heterocycles. The first-order valence-corrected chi connectivity index (χ1v) is 6.94. The van der Waals surface area contributed by atoms with Gasteiger partial charge in [-0.15, -0.1) is 0 Å². The molecular formula is C16H15ClFNO3. The van der Waals surface area contributed by atoms with Crippen LogP contribution in [-0.2, 0) is 4.79 Å². The fourth-order valence-electron chi connectivity index (χ4n) is 1.80. The van der Waals surface area contributed by atoms with Crippen LogP contribution in [0.2, 0.25) is 5.02 Å². The number of amides is 1. The number of hydrogen-bond acceptors (Lipinski definition) is 3. The van der Waals surface area contributed by atoms with Crippen molar-refractivity contribution in [2.24, 2.45) is 0 Å². The highest BCUT2D eigenvalue weighted by Gasteiger charge is 2.18. The zero-order valence-corrected chi connectivity index (χ0v) is 12.9. The maximum Gasteiger partial charge on any atom is 0.265 e. The molecule has 0 radical (unpaired) electrons. The maximum atomic E-state index is 13.5. The van der Waals surface area contributed by atoms with Gasteiger partial charge in [0, 0.05) is 5.02 Å². The maximum absolute atomic E-state index is 13.5. The van der Waals surface area contributed by atoms with Crippen molar-refractivity contribution in [2.45, 2.75) is 13.0 Å². The molecule has 0 aromatic heterocycles. The lowest BCUT2D eigenvalue weighted by Gasteiger charge is -2.16. The average Bonchev–Trinajstić information content (AvgIpc) is 2.49. The molecule has 6 heteroatoms. The molecule has 0 saturated carbocycles. The first kappa shape index (κ1) is 16.1. The van der Waals surface area contributed by atoms with Crippen molar-refractivity contribution in [1.82, 2.24) is 0 Å². The summed E-state index contributed by atoms with van der Waals surface area (Å²) >= 11 is 5.90. The van der Waals surface area contributed by atoms with E-state index in [9.17, 15) is 9.18 Å². The third kappa shape index (κ3) is 3.89. The van der Waals surface area contributed by atoms with Gasteiger partial charge in [-0.2, -0.15) is 0 Å². The Labute approximate surface area is 132 Å². The Bertz CT molecular complexity index is 678. The minimum atomic E-state index is -0.888. The van der Waals surface area contributed by atoms with Gasteiger partial charge in [0.1, 0.15) is 5.75 Å². The van der Waals surface area contributed by atoms with Crippen LogP contribution in [0.1, 0.15) is 6.92 Å². The Hall–Kier alpha value is -2.27. The number of hydrogen-bond donors (Lipinski definition) is 1. The summed E-state index contributed by atoms with van der Waals surface area (Å²) < 4.78 is 24.0. The fraction of sp³-hybridized carbons (Fsp3) is 0.188. The summed E-state index contributed by atoms with van der Waals surface area (Å²) in [5.41, 5.74) is 0.420. The van der Waals surface area contributed by atoms with Crippen LogP contribution in [0.25, 0.3) is 0 Å². The molecule has 0 spiro atoms. The monoisotopic (exact) mass is 323 g/mol. The van der Waals surface area contributed by atoms with Crippen molar-refractivity contribution in [1.29, 1.82) is 0 Å². The summed E-state index contributed by atoms with van der Waals surface area (Å²) in [7, 11) is 1.48. The van der Waals surface area contributed by atoms with Crippen molar-refractivity contribution < 1.29 is 18.7 Å². The van der Waals surface area contributed by atoms with Gasteiger partial charge in [-0.05, 0) is 37.3 Å². The lowest BCUT2D eigenvalue weighted by Crippen LogP contribution is -2.30. The van der Waals surface area contributed by atoms with E-state index < -0.39 is 17.8 Å². The van der Waals surface area contributed by atoms with Gasteiger partial charge in [0.25, 0.3) is 5.91 Å². The van der Waals surface area contributed by atoms with Crippen LogP contribution in [0.3, 0.4) is 0 Å². The second kappa shape index (κ2) is 7.13. The van der Waals surface area contributed by atoms with Crippen LogP contribution in [0.5, 0.6) is 11.5 Å². The summed E-state index contributed by atoms with van der Waals surface area (Å²) in [5, 5.41) is 3.10. The molecule has 1 atom stereocenters. The largest absolute Gasteiger partial charge is 0.495 e.